The van der Waals surface area contributed by atoms with Gasteiger partial charge in [-0.1, -0.05) is 32.0 Å². The standard InChI is InChI=1S/C22H30O4/c1-6-16(2)19-9-12-21(22(15-19)24-5)26-17(3)25-14-13-18-7-10-20(23-4)11-8-18/h7-12,15-17H,6,13-14H2,1-5H3. The Hall–Kier alpha value is -2.20. The summed E-state index contributed by atoms with van der Waals surface area (Å²) < 4.78 is 22.4. The molecule has 0 saturated carbocycles. The van der Waals surface area contributed by atoms with Crippen molar-refractivity contribution in [3.63, 3.8) is 0 Å². The van der Waals surface area contributed by atoms with Crippen molar-refractivity contribution in [1.29, 1.82) is 0 Å². The minimum absolute atomic E-state index is 0.350. The average Bonchev–Trinajstić information content (AvgIpc) is 2.68. The molecule has 2 aromatic rings. The zero-order valence-corrected chi connectivity index (χ0v) is 16.5. The van der Waals surface area contributed by atoms with Crippen LogP contribution in [-0.2, 0) is 11.2 Å². The highest BCUT2D eigenvalue weighted by Crippen LogP contribution is 2.32. The number of hydrogen-bond donors (Lipinski definition) is 0. The molecule has 2 unspecified atom stereocenters. The molecule has 0 radical (unpaired) electrons. The summed E-state index contributed by atoms with van der Waals surface area (Å²) in [5, 5.41) is 0. The van der Waals surface area contributed by atoms with Crippen molar-refractivity contribution in [2.45, 2.75) is 45.8 Å². The second kappa shape index (κ2) is 10.1. The first-order chi connectivity index (χ1) is 12.6. The summed E-state index contributed by atoms with van der Waals surface area (Å²) in [4.78, 5) is 0. The zero-order valence-electron chi connectivity index (χ0n) is 16.5. The summed E-state index contributed by atoms with van der Waals surface area (Å²) in [6.45, 7) is 6.87. The lowest BCUT2D eigenvalue weighted by Crippen LogP contribution is -2.18. The van der Waals surface area contributed by atoms with E-state index in [1.807, 2.05) is 43.3 Å². The first-order valence-corrected chi connectivity index (χ1v) is 9.16. The molecule has 142 valence electrons. The molecule has 4 heteroatoms. The van der Waals surface area contributed by atoms with Crippen molar-refractivity contribution >= 4 is 0 Å². The number of methoxy groups -OCH3 is 2. The first kappa shape index (κ1) is 20.1. The van der Waals surface area contributed by atoms with Gasteiger partial charge in [-0.05, 0) is 61.1 Å². The molecule has 2 aromatic carbocycles. The highest BCUT2D eigenvalue weighted by atomic mass is 16.7. The topological polar surface area (TPSA) is 36.9 Å². The normalized spacial score (nSPS) is 13.1. The van der Waals surface area contributed by atoms with Crippen molar-refractivity contribution in [1.82, 2.24) is 0 Å². The van der Waals surface area contributed by atoms with Crippen LogP contribution in [-0.4, -0.2) is 27.1 Å². The van der Waals surface area contributed by atoms with Crippen LogP contribution in [0, 0.1) is 0 Å². The second-order valence-electron chi connectivity index (χ2n) is 6.37. The number of hydrogen-bond acceptors (Lipinski definition) is 4. The second-order valence-corrected chi connectivity index (χ2v) is 6.37. The summed E-state index contributed by atoms with van der Waals surface area (Å²) in [7, 11) is 3.33. The van der Waals surface area contributed by atoms with Crippen molar-refractivity contribution in [2.75, 3.05) is 20.8 Å². The fourth-order valence-corrected chi connectivity index (χ4v) is 2.67. The molecule has 0 amide bonds. The van der Waals surface area contributed by atoms with E-state index in [-0.39, 0.29) is 6.29 Å². The van der Waals surface area contributed by atoms with Gasteiger partial charge in [0.25, 0.3) is 0 Å². The van der Waals surface area contributed by atoms with Gasteiger partial charge in [-0.25, -0.2) is 0 Å². The fourth-order valence-electron chi connectivity index (χ4n) is 2.67. The van der Waals surface area contributed by atoms with Gasteiger partial charge in [-0.3, -0.25) is 0 Å². The molecule has 0 spiro atoms. The van der Waals surface area contributed by atoms with Crippen LogP contribution >= 0.6 is 0 Å². The molecule has 0 fully saturated rings. The third-order valence-corrected chi connectivity index (χ3v) is 4.56. The SMILES string of the molecule is CCC(C)c1ccc(OC(C)OCCc2ccc(OC)cc2)c(OC)c1. The first-order valence-electron chi connectivity index (χ1n) is 9.16. The molecule has 0 aliphatic rings. The van der Waals surface area contributed by atoms with Crippen molar-refractivity contribution < 1.29 is 18.9 Å². The molecule has 2 rings (SSSR count). The minimum atomic E-state index is -0.350. The molecule has 0 bridgehead atoms. The Morgan fingerprint density at radius 3 is 2.23 bits per heavy atom. The Bertz CT molecular complexity index is 666. The van der Waals surface area contributed by atoms with Crippen LogP contribution in [0.5, 0.6) is 17.2 Å². The van der Waals surface area contributed by atoms with Gasteiger partial charge in [0.05, 0.1) is 20.8 Å². The van der Waals surface area contributed by atoms with Crippen LogP contribution in [0.4, 0.5) is 0 Å². The maximum absolute atomic E-state index is 5.91. The van der Waals surface area contributed by atoms with Gasteiger partial charge >= 0.3 is 0 Å². The smallest absolute Gasteiger partial charge is 0.197 e. The predicted octanol–water partition coefficient (Wildman–Crippen LogP) is 5.20. The Kier molecular flexibility index (Phi) is 7.79. The van der Waals surface area contributed by atoms with Gasteiger partial charge in [0, 0.05) is 0 Å². The van der Waals surface area contributed by atoms with E-state index >= 15 is 0 Å². The van der Waals surface area contributed by atoms with Crippen molar-refractivity contribution in [3.8, 4) is 17.2 Å². The molecule has 0 heterocycles. The van der Waals surface area contributed by atoms with Crippen LogP contribution in [0.25, 0.3) is 0 Å². The third-order valence-electron chi connectivity index (χ3n) is 4.56. The Labute approximate surface area is 157 Å². The van der Waals surface area contributed by atoms with Gasteiger partial charge in [0.15, 0.2) is 17.8 Å². The predicted molar refractivity (Wildman–Crippen MR) is 104 cm³/mol. The molecule has 0 aliphatic heterocycles. The van der Waals surface area contributed by atoms with Crippen LogP contribution in [0.2, 0.25) is 0 Å². The lowest BCUT2D eigenvalue weighted by Gasteiger charge is -2.19. The highest BCUT2D eigenvalue weighted by molar-refractivity contribution is 5.44. The number of benzene rings is 2. The minimum Gasteiger partial charge on any atom is -0.497 e. The molecule has 4 nitrogen and oxygen atoms in total. The average molecular weight is 358 g/mol. The summed E-state index contributed by atoms with van der Waals surface area (Å²) in [5.41, 5.74) is 2.46. The highest BCUT2D eigenvalue weighted by Gasteiger charge is 2.12. The van der Waals surface area contributed by atoms with E-state index < -0.39 is 0 Å². The maximum atomic E-state index is 5.91. The van der Waals surface area contributed by atoms with Gasteiger partial charge in [0.1, 0.15) is 5.75 Å². The Morgan fingerprint density at radius 1 is 0.885 bits per heavy atom. The lowest BCUT2D eigenvalue weighted by molar-refractivity contribution is -0.0664. The summed E-state index contributed by atoms with van der Waals surface area (Å²) in [6, 6.07) is 14.1. The fraction of sp³-hybridized carbons (Fsp3) is 0.455. The van der Waals surface area contributed by atoms with Gasteiger partial charge in [0.2, 0.25) is 0 Å². The van der Waals surface area contributed by atoms with Crippen LogP contribution in [0.3, 0.4) is 0 Å². The molecule has 26 heavy (non-hydrogen) atoms. The molecule has 0 N–H and O–H groups in total. The quantitative estimate of drug-likeness (QED) is 0.547. The number of ether oxygens (including phenoxy) is 4. The molecule has 0 aliphatic carbocycles. The summed E-state index contributed by atoms with van der Waals surface area (Å²) in [5.74, 6) is 2.81. The van der Waals surface area contributed by atoms with E-state index in [4.69, 9.17) is 18.9 Å². The summed E-state index contributed by atoms with van der Waals surface area (Å²) in [6.07, 6.45) is 1.56. The lowest BCUT2D eigenvalue weighted by atomic mass is 9.98. The maximum Gasteiger partial charge on any atom is 0.197 e. The third kappa shape index (κ3) is 5.67. The van der Waals surface area contributed by atoms with E-state index in [2.05, 4.69) is 19.9 Å². The van der Waals surface area contributed by atoms with Crippen LogP contribution in [0.1, 0.15) is 44.2 Å². The van der Waals surface area contributed by atoms with E-state index in [1.165, 1.54) is 11.1 Å². The Balaban J connectivity index is 1.87. The molecule has 0 saturated heterocycles. The molecule has 0 aromatic heterocycles. The van der Waals surface area contributed by atoms with Crippen LogP contribution in [0.15, 0.2) is 42.5 Å². The van der Waals surface area contributed by atoms with E-state index in [0.29, 0.717) is 18.3 Å². The van der Waals surface area contributed by atoms with Gasteiger partial charge in [-0.2, -0.15) is 0 Å². The molecular formula is C22H30O4. The van der Waals surface area contributed by atoms with Crippen molar-refractivity contribution in [2.24, 2.45) is 0 Å². The van der Waals surface area contributed by atoms with E-state index in [0.717, 1.165) is 24.3 Å². The van der Waals surface area contributed by atoms with Gasteiger partial charge in [-0.15, -0.1) is 0 Å². The van der Waals surface area contributed by atoms with Gasteiger partial charge < -0.3 is 18.9 Å². The number of rotatable bonds is 10. The zero-order chi connectivity index (χ0) is 18.9. The molecular weight excluding hydrogens is 328 g/mol. The van der Waals surface area contributed by atoms with Crippen LogP contribution < -0.4 is 14.2 Å². The Morgan fingerprint density at radius 2 is 1.62 bits per heavy atom. The van der Waals surface area contributed by atoms with E-state index in [9.17, 15) is 0 Å². The van der Waals surface area contributed by atoms with E-state index in [1.54, 1.807) is 14.2 Å². The molecule has 2 atom stereocenters. The van der Waals surface area contributed by atoms with Crippen molar-refractivity contribution in [3.05, 3.63) is 53.6 Å². The monoisotopic (exact) mass is 358 g/mol. The summed E-state index contributed by atoms with van der Waals surface area (Å²) >= 11 is 0. The largest absolute Gasteiger partial charge is 0.497 e.